The Bertz CT molecular complexity index is 409. The van der Waals surface area contributed by atoms with Gasteiger partial charge >= 0.3 is 5.97 Å². The summed E-state index contributed by atoms with van der Waals surface area (Å²) in [6, 6.07) is -1.99. The monoisotopic (exact) mass is 301 g/mol. The fourth-order valence-corrected chi connectivity index (χ4v) is 1.62. The number of carbonyl (C=O) groups excluding carboxylic acids is 4. The Morgan fingerprint density at radius 2 is 1.71 bits per heavy atom. The zero-order valence-corrected chi connectivity index (χ0v) is 12.8. The van der Waals surface area contributed by atoms with Gasteiger partial charge in [0.25, 0.3) is 0 Å². The molecule has 0 aromatic carbocycles. The van der Waals surface area contributed by atoms with E-state index in [9.17, 15) is 19.2 Å². The van der Waals surface area contributed by atoms with Crippen molar-refractivity contribution in [1.29, 1.82) is 0 Å². The summed E-state index contributed by atoms with van der Waals surface area (Å²) in [6.07, 6.45) is -0.347. The van der Waals surface area contributed by atoms with E-state index in [1.807, 2.05) is 0 Å². The number of ether oxygens (including phenoxy) is 1. The van der Waals surface area contributed by atoms with Crippen LogP contribution in [0.15, 0.2) is 0 Å². The van der Waals surface area contributed by atoms with Gasteiger partial charge in [0.2, 0.25) is 17.7 Å². The van der Waals surface area contributed by atoms with Gasteiger partial charge in [-0.25, -0.2) is 0 Å². The SMILES string of the molecule is CCOC(=O)C[C@H](NC(=O)[C@H](NC(C)=O)C(C)C)C(N)=O. The molecule has 0 radical (unpaired) electrons. The number of carbonyl (C=O) groups is 4. The number of amides is 3. The quantitative estimate of drug-likeness (QED) is 0.499. The van der Waals surface area contributed by atoms with Gasteiger partial charge in [-0.15, -0.1) is 0 Å². The Morgan fingerprint density at radius 1 is 1.14 bits per heavy atom. The van der Waals surface area contributed by atoms with Crippen LogP contribution in [-0.4, -0.2) is 42.4 Å². The predicted molar refractivity (Wildman–Crippen MR) is 74.8 cm³/mol. The van der Waals surface area contributed by atoms with E-state index < -0.39 is 29.9 Å². The molecule has 120 valence electrons. The van der Waals surface area contributed by atoms with Gasteiger partial charge in [0, 0.05) is 6.92 Å². The number of hydrogen-bond donors (Lipinski definition) is 3. The van der Waals surface area contributed by atoms with Crippen molar-refractivity contribution in [3.05, 3.63) is 0 Å². The summed E-state index contributed by atoms with van der Waals surface area (Å²) in [5.74, 6) is -2.62. The van der Waals surface area contributed by atoms with Crippen LogP contribution in [0.2, 0.25) is 0 Å². The summed E-state index contributed by atoms with van der Waals surface area (Å²) in [4.78, 5) is 45.8. The minimum atomic E-state index is -1.17. The molecular formula is C13H23N3O5. The average Bonchev–Trinajstić information content (AvgIpc) is 2.34. The molecule has 0 heterocycles. The summed E-state index contributed by atoms with van der Waals surface area (Å²) >= 11 is 0. The zero-order chi connectivity index (χ0) is 16.6. The summed E-state index contributed by atoms with van der Waals surface area (Å²) in [6.45, 7) is 6.56. The van der Waals surface area contributed by atoms with Crippen LogP contribution < -0.4 is 16.4 Å². The summed E-state index contributed by atoms with van der Waals surface area (Å²) in [5.41, 5.74) is 5.16. The number of esters is 1. The maximum atomic E-state index is 12.1. The van der Waals surface area contributed by atoms with Crippen LogP contribution in [0, 0.1) is 5.92 Å². The molecule has 0 bridgehead atoms. The van der Waals surface area contributed by atoms with Crippen LogP contribution in [0.1, 0.15) is 34.1 Å². The highest BCUT2D eigenvalue weighted by molar-refractivity contribution is 5.93. The molecule has 0 saturated heterocycles. The Kier molecular flexibility index (Phi) is 8.03. The molecule has 8 nitrogen and oxygen atoms in total. The van der Waals surface area contributed by atoms with Crippen molar-refractivity contribution in [3.8, 4) is 0 Å². The summed E-state index contributed by atoms with van der Waals surface area (Å²) in [7, 11) is 0. The second kappa shape index (κ2) is 8.93. The Hall–Kier alpha value is -2.12. The first kappa shape index (κ1) is 18.9. The zero-order valence-electron chi connectivity index (χ0n) is 12.8. The molecule has 2 atom stereocenters. The Labute approximate surface area is 123 Å². The molecule has 0 aromatic rings. The number of primary amides is 1. The van der Waals surface area contributed by atoms with E-state index >= 15 is 0 Å². The first-order valence-corrected chi connectivity index (χ1v) is 6.71. The second-order valence-corrected chi connectivity index (χ2v) is 4.89. The molecule has 3 amide bonds. The van der Waals surface area contributed by atoms with Crippen LogP contribution >= 0.6 is 0 Å². The topological polar surface area (TPSA) is 128 Å². The number of nitrogens with one attached hydrogen (secondary N) is 2. The van der Waals surface area contributed by atoms with E-state index in [1.165, 1.54) is 6.92 Å². The molecule has 0 spiro atoms. The van der Waals surface area contributed by atoms with Crippen LogP contribution in [-0.2, 0) is 23.9 Å². The predicted octanol–water partition coefficient (Wildman–Crippen LogP) is -0.930. The molecule has 0 aliphatic heterocycles. The maximum Gasteiger partial charge on any atom is 0.308 e. The van der Waals surface area contributed by atoms with Crippen LogP contribution in [0.4, 0.5) is 0 Å². The molecule has 21 heavy (non-hydrogen) atoms. The van der Waals surface area contributed by atoms with Gasteiger partial charge in [0.1, 0.15) is 12.1 Å². The third-order valence-electron chi connectivity index (χ3n) is 2.64. The van der Waals surface area contributed by atoms with Crippen molar-refractivity contribution < 1.29 is 23.9 Å². The largest absolute Gasteiger partial charge is 0.466 e. The third-order valence-corrected chi connectivity index (χ3v) is 2.64. The lowest BCUT2D eigenvalue weighted by Crippen LogP contribution is -2.55. The molecule has 8 heteroatoms. The highest BCUT2D eigenvalue weighted by Gasteiger charge is 2.28. The van der Waals surface area contributed by atoms with Gasteiger partial charge in [-0.2, -0.15) is 0 Å². The van der Waals surface area contributed by atoms with E-state index in [0.717, 1.165) is 0 Å². The van der Waals surface area contributed by atoms with Gasteiger partial charge in [0.15, 0.2) is 0 Å². The van der Waals surface area contributed by atoms with Crippen molar-refractivity contribution in [2.45, 2.75) is 46.2 Å². The van der Waals surface area contributed by atoms with E-state index in [1.54, 1.807) is 20.8 Å². The van der Waals surface area contributed by atoms with Crippen molar-refractivity contribution in [2.24, 2.45) is 11.7 Å². The minimum absolute atomic E-state index is 0.165. The molecule has 0 rings (SSSR count). The third kappa shape index (κ3) is 7.28. The second-order valence-electron chi connectivity index (χ2n) is 4.89. The van der Waals surface area contributed by atoms with Crippen molar-refractivity contribution in [1.82, 2.24) is 10.6 Å². The molecule has 4 N–H and O–H groups in total. The van der Waals surface area contributed by atoms with Gasteiger partial charge in [0.05, 0.1) is 13.0 Å². The Morgan fingerprint density at radius 3 is 2.10 bits per heavy atom. The highest BCUT2D eigenvalue weighted by atomic mass is 16.5. The van der Waals surface area contributed by atoms with Gasteiger partial charge < -0.3 is 21.1 Å². The highest BCUT2D eigenvalue weighted by Crippen LogP contribution is 2.04. The molecular weight excluding hydrogens is 278 g/mol. The average molecular weight is 301 g/mol. The molecule has 0 fully saturated rings. The molecule has 0 aromatic heterocycles. The summed E-state index contributed by atoms with van der Waals surface area (Å²) < 4.78 is 4.71. The van der Waals surface area contributed by atoms with E-state index in [4.69, 9.17) is 10.5 Å². The molecule has 0 unspecified atom stereocenters. The van der Waals surface area contributed by atoms with E-state index in [2.05, 4.69) is 10.6 Å². The van der Waals surface area contributed by atoms with Crippen molar-refractivity contribution in [3.63, 3.8) is 0 Å². The number of nitrogens with two attached hydrogens (primary N) is 1. The lowest BCUT2D eigenvalue weighted by Gasteiger charge is -2.23. The van der Waals surface area contributed by atoms with Crippen molar-refractivity contribution >= 4 is 23.7 Å². The van der Waals surface area contributed by atoms with Gasteiger partial charge in [-0.05, 0) is 12.8 Å². The smallest absolute Gasteiger partial charge is 0.308 e. The summed E-state index contributed by atoms with van der Waals surface area (Å²) in [5, 5.41) is 4.85. The standard InChI is InChI=1S/C13H23N3O5/c1-5-21-10(18)6-9(12(14)19)16-13(20)11(7(2)3)15-8(4)17/h7,9,11H,5-6H2,1-4H3,(H2,14,19)(H,15,17)(H,16,20)/t9-,11+/m0/s1. The van der Waals surface area contributed by atoms with Crippen LogP contribution in [0.3, 0.4) is 0 Å². The van der Waals surface area contributed by atoms with Gasteiger partial charge in [-0.1, -0.05) is 13.8 Å². The lowest BCUT2D eigenvalue weighted by molar-refractivity contribution is -0.145. The molecule has 0 saturated carbocycles. The minimum Gasteiger partial charge on any atom is -0.466 e. The van der Waals surface area contributed by atoms with E-state index in [-0.39, 0.29) is 24.9 Å². The molecule has 0 aliphatic carbocycles. The van der Waals surface area contributed by atoms with E-state index in [0.29, 0.717) is 0 Å². The van der Waals surface area contributed by atoms with Crippen molar-refractivity contribution in [2.75, 3.05) is 6.61 Å². The van der Waals surface area contributed by atoms with Crippen LogP contribution in [0.25, 0.3) is 0 Å². The molecule has 0 aliphatic rings. The first-order valence-electron chi connectivity index (χ1n) is 6.71. The number of rotatable bonds is 8. The fraction of sp³-hybridized carbons (Fsp3) is 0.692. The Balaban J connectivity index is 4.82. The fourth-order valence-electron chi connectivity index (χ4n) is 1.62. The normalized spacial score (nSPS) is 13.2. The number of hydrogen-bond acceptors (Lipinski definition) is 5. The first-order chi connectivity index (χ1) is 9.68. The maximum absolute atomic E-state index is 12.1. The van der Waals surface area contributed by atoms with Crippen LogP contribution in [0.5, 0.6) is 0 Å². The lowest BCUT2D eigenvalue weighted by atomic mass is 10.0. The van der Waals surface area contributed by atoms with Gasteiger partial charge in [-0.3, -0.25) is 19.2 Å².